The molecule has 5 rings (SSSR count). The highest BCUT2D eigenvalue weighted by atomic mass is 35.5. The topological polar surface area (TPSA) is 69.3 Å². The van der Waals surface area contributed by atoms with Gasteiger partial charge < -0.3 is 14.5 Å². The standard InChI is InChI=1S/C33H31Cl2N3O3/c1-21-31(22(2)38(37-21)19-23-10-13-26(34)18-29(23)35)36-32(39)30-17-16-28(41-30)20-40-27-14-11-25(12-15-27)33(3,4)24-8-6-5-7-9-24/h5-18H,19-20H2,1-4H3,(H,36,39). The zero-order chi connectivity index (χ0) is 29.1. The van der Waals surface area contributed by atoms with E-state index in [2.05, 4.69) is 60.7 Å². The molecule has 8 heteroatoms. The molecule has 2 heterocycles. The molecular weight excluding hydrogens is 557 g/mol. The molecule has 3 aromatic carbocycles. The van der Waals surface area contributed by atoms with E-state index in [0.717, 1.165) is 17.0 Å². The first-order chi connectivity index (χ1) is 19.6. The lowest BCUT2D eigenvalue weighted by Gasteiger charge is -2.26. The Morgan fingerprint density at radius 3 is 2.37 bits per heavy atom. The van der Waals surface area contributed by atoms with Gasteiger partial charge in [0.2, 0.25) is 0 Å². The van der Waals surface area contributed by atoms with Crippen LogP contribution in [0.15, 0.2) is 89.3 Å². The maximum Gasteiger partial charge on any atom is 0.291 e. The van der Waals surface area contributed by atoms with E-state index in [9.17, 15) is 4.79 Å². The molecule has 0 fully saturated rings. The van der Waals surface area contributed by atoms with E-state index in [0.29, 0.717) is 33.7 Å². The van der Waals surface area contributed by atoms with Gasteiger partial charge in [-0.15, -0.1) is 0 Å². The lowest BCUT2D eigenvalue weighted by molar-refractivity contribution is 0.0992. The van der Waals surface area contributed by atoms with Crippen molar-refractivity contribution in [1.82, 2.24) is 9.78 Å². The molecule has 0 spiro atoms. The minimum atomic E-state index is -0.362. The lowest BCUT2D eigenvalue weighted by Crippen LogP contribution is -2.18. The molecule has 0 radical (unpaired) electrons. The van der Waals surface area contributed by atoms with E-state index in [-0.39, 0.29) is 23.7 Å². The van der Waals surface area contributed by atoms with Gasteiger partial charge in [0.15, 0.2) is 5.76 Å². The van der Waals surface area contributed by atoms with Crippen LogP contribution in [0.25, 0.3) is 0 Å². The number of ether oxygens (including phenoxy) is 1. The second kappa shape index (κ2) is 11.9. The van der Waals surface area contributed by atoms with Crippen molar-refractivity contribution >= 4 is 34.8 Å². The molecule has 1 amide bonds. The zero-order valence-corrected chi connectivity index (χ0v) is 24.9. The van der Waals surface area contributed by atoms with Crippen LogP contribution < -0.4 is 10.1 Å². The normalized spacial score (nSPS) is 11.5. The molecule has 0 saturated carbocycles. The second-order valence-corrected chi connectivity index (χ2v) is 11.3. The van der Waals surface area contributed by atoms with Gasteiger partial charge in [-0.3, -0.25) is 9.48 Å². The van der Waals surface area contributed by atoms with Crippen molar-refractivity contribution in [1.29, 1.82) is 0 Å². The summed E-state index contributed by atoms with van der Waals surface area (Å²) in [4.78, 5) is 13.0. The molecule has 6 nitrogen and oxygen atoms in total. The van der Waals surface area contributed by atoms with Crippen LogP contribution in [0.3, 0.4) is 0 Å². The van der Waals surface area contributed by atoms with Crippen molar-refractivity contribution in [2.45, 2.75) is 46.3 Å². The van der Waals surface area contributed by atoms with Crippen molar-refractivity contribution in [2.75, 3.05) is 5.32 Å². The van der Waals surface area contributed by atoms with Gasteiger partial charge >= 0.3 is 0 Å². The zero-order valence-electron chi connectivity index (χ0n) is 23.4. The molecular formula is C33H31Cl2N3O3. The van der Waals surface area contributed by atoms with Gasteiger partial charge in [0, 0.05) is 15.5 Å². The lowest BCUT2D eigenvalue weighted by atomic mass is 9.78. The molecule has 0 saturated heterocycles. The largest absolute Gasteiger partial charge is 0.486 e. The molecule has 0 aliphatic rings. The highest BCUT2D eigenvalue weighted by Gasteiger charge is 2.23. The van der Waals surface area contributed by atoms with Gasteiger partial charge in [-0.05, 0) is 66.9 Å². The van der Waals surface area contributed by atoms with Crippen molar-refractivity contribution in [2.24, 2.45) is 0 Å². The summed E-state index contributed by atoms with van der Waals surface area (Å²) in [5, 5.41) is 8.65. The van der Waals surface area contributed by atoms with Crippen molar-refractivity contribution in [3.05, 3.63) is 135 Å². The van der Waals surface area contributed by atoms with E-state index in [4.69, 9.17) is 32.4 Å². The van der Waals surface area contributed by atoms with Crippen LogP contribution in [0, 0.1) is 13.8 Å². The van der Waals surface area contributed by atoms with E-state index in [1.54, 1.807) is 28.9 Å². The van der Waals surface area contributed by atoms with Crippen molar-refractivity contribution in [3.63, 3.8) is 0 Å². The molecule has 0 bridgehead atoms. The number of halogens is 2. The molecule has 0 aliphatic heterocycles. The first-order valence-electron chi connectivity index (χ1n) is 13.3. The first-order valence-corrected chi connectivity index (χ1v) is 14.0. The summed E-state index contributed by atoms with van der Waals surface area (Å²) in [6.45, 7) is 8.80. The minimum Gasteiger partial charge on any atom is -0.486 e. The average molecular weight is 589 g/mol. The van der Waals surface area contributed by atoms with Crippen LogP contribution in [0.4, 0.5) is 5.69 Å². The minimum absolute atomic E-state index is 0.126. The molecule has 0 atom stereocenters. The molecule has 210 valence electrons. The average Bonchev–Trinajstić information content (AvgIpc) is 3.54. The van der Waals surface area contributed by atoms with E-state index >= 15 is 0 Å². The van der Waals surface area contributed by atoms with Gasteiger partial charge in [-0.25, -0.2) is 0 Å². The highest BCUT2D eigenvalue weighted by molar-refractivity contribution is 6.35. The number of carbonyl (C=O) groups is 1. The quantitative estimate of drug-likeness (QED) is 0.187. The van der Waals surface area contributed by atoms with Crippen LogP contribution in [-0.2, 0) is 18.6 Å². The Hall–Kier alpha value is -4.00. The van der Waals surface area contributed by atoms with Crippen LogP contribution >= 0.6 is 23.2 Å². The molecule has 0 unspecified atom stereocenters. The Bertz CT molecular complexity index is 1670. The number of anilines is 1. The third-order valence-corrected chi connectivity index (χ3v) is 7.88. The fraction of sp³-hybridized carbons (Fsp3) is 0.212. The molecule has 1 N–H and O–H groups in total. The van der Waals surface area contributed by atoms with Gasteiger partial charge in [-0.1, -0.05) is 85.6 Å². The Labute approximate surface area is 249 Å². The number of aromatic nitrogens is 2. The van der Waals surface area contributed by atoms with Crippen LogP contribution in [0.5, 0.6) is 5.75 Å². The van der Waals surface area contributed by atoms with E-state index in [1.165, 1.54) is 11.1 Å². The monoisotopic (exact) mass is 587 g/mol. The van der Waals surface area contributed by atoms with Crippen LogP contribution in [0.1, 0.15) is 58.2 Å². The maximum atomic E-state index is 13.0. The molecule has 41 heavy (non-hydrogen) atoms. The van der Waals surface area contributed by atoms with Crippen LogP contribution in [0.2, 0.25) is 10.0 Å². The van der Waals surface area contributed by atoms with Gasteiger partial charge in [-0.2, -0.15) is 5.10 Å². The predicted octanol–water partition coefficient (Wildman–Crippen LogP) is 8.61. The Morgan fingerprint density at radius 1 is 0.951 bits per heavy atom. The van der Waals surface area contributed by atoms with Crippen molar-refractivity contribution in [3.8, 4) is 5.75 Å². The SMILES string of the molecule is Cc1nn(Cc2ccc(Cl)cc2Cl)c(C)c1NC(=O)c1ccc(COc2ccc(C(C)(C)c3ccccc3)cc2)o1. The summed E-state index contributed by atoms with van der Waals surface area (Å²) in [7, 11) is 0. The summed E-state index contributed by atoms with van der Waals surface area (Å²) in [6.07, 6.45) is 0. The first kappa shape index (κ1) is 28.5. The van der Waals surface area contributed by atoms with E-state index in [1.807, 2.05) is 38.1 Å². The van der Waals surface area contributed by atoms with Gasteiger partial charge in [0.25, 0.3) is 5.91 Å². The Kier molecular flexibility index (Phi) is 8.25. The van der Waals surface area contributed by atoms with Gasteiger partial charge in [0.05, 0.1) is 23.6 Å². The van der Waals surface area contributed by atoms with Gasteiger partial charge in [0.1, 0.15) is 18.1 Å². The number of nitrogens with zero attached hydrogens (tertiary/aromatic N) is 2. The number of furan rings is 1. The number of rotatable bonds is 9. The summed E-state index contributed by atoms with van der Waals surface area (Å²) >= 11 is 12.4. The number of nitrogens with one attached hydrogen (secondary N) is 1. The number of amides is 1. The summed E-state index contributed by atoms with van der Waals surface area (Å²) < 4.78 is 13.5. The number of hydrogen-bond donors (Lipinski definition) is 1. The smallest absolute Gasteiger partial charge is 0.291 e. The Balaban J connectivity index is 1.20. The summed E-state index contributed by atoms with van der Waals surface area (Å²) in [5.41, 5.74) is 5.32. The number of hydrogen-bond acceptors (Lipinski definition) is 4. The second-order valence-electron chi connectivity index (χ2n) is 10.5. The molecule has 2 aromatic heterocycles. The number of benzene rings is 3. The van der Waals surface area contributed by atoms with Crippen LogP contribution in [-0.4, -0.2) is 15.7 Å². The van der Waals surface area contributed by atoms with E-state index < -0.39 is 0 Å². The number of carbonyl (C=O) groups excluding carboxylic acids is 1. The summed E-state index contributed by atoms with van der Waals surface area (Å²) in [5.74, 6) is 1.10. The fourth-order valence-electron chi connectivity index (χ4n) is 4.74. The summed E-state index contributed by atoms with van der Waals surface area (Å²) in [6, 6.07) is 27.2. The number of aryl methyl sites for hydroxylation is 1. The third kappa shape index (κ3) is 6.34. The maximum absolute atomic E-state index is 13.0. The Morgan fingerprint density at radius 2 is 1.66 bits per heavy atom. The highest BCUT2D eigenvalue weighted by Crippen LogP contribution is 2.32. The third-order valence-electron chi connectivity index (χ3n) is 7.29. The van der Waals surface area contributed by atoms with Crippen molar-refractivity contribution < 1.29 is 13.9 Å². The molecule has 5 aromatic rings. The fourth-order valence-corrected chi connectivity index (χ4v) is 5.21. The predicted molar refractivity (Wildman–Crippen MR) is 163 cm³/mol. The molecule has 0 aliphatic carbocycles.